The van der Waals surface area contributed by atoms with E-state index in [9.17, 15) is 13.2 Å². The summed E-state index contributed by atoms with van der Waals surface area (Å²) in [7, 11) is -2.22. The van der Waals surface area contributed by atoms with Crippen LogP contribution in [-0.4, -0.2) is 40.3 Å². The van der Waals surface area contributed by atoms with E-state index in [4.69, 9.17) is 4.74 Å². The molecule has 0 aliphatic carbocycles. The van der Waals surface area contributed by atoms with E-state index in [1.165, 1.54) is 12.7 Å². The maximum absolute atomic E-state index is 12.6. The number of methoxy groups -OCH3 is 1. The van der Waals surface area contributed by atoms with Crippen molar-refractivity contribution in [3.05, 3.63) is 59.7 Å². The fraction of sp³-hybridized carbons (Fsp3) is 0.381. The molecule has 6 nitrogen and oxygen atoms in total. The normalized spacial score (nSPS) is 12.3. The van der Waals surface area contributed by atoms with E-state index in [-0.39, 0.29) is 5.91 Å². The van der Waals surface area contributed by atoms with Gasteiger partial charge in [-0.15, -0.1) is 0 Å². The van der Waals surface area contributed by atoms with Crippen molar-refractivity contribution in [2.45, 2.75) is 32.7 Å². The fourth-order valence-corrected chi connectivity index (χ4v) is 4.22. The number of nitrogens with one attached hydrogen (secondary N) is 1. The summed E-state index contributed by atoms with van der Waals surface area (Å²) in [5.74, 6) is 0.0572. The molecule has 0 saturated carbocycles. The van der Waals surface area contributed by atoms with Crippen LogP contribution in [-0.2, 0) is 21.2 Å². The first kappa shape index (κ1) is 21.8. The lowest BCUT2D eigenvalue weighted by Crippen LogP contribution is -2.48. The molecular weight excluding hydrogens is 376 g/mol. The number of carbonyl (C=O) groups is 1. The van der Waals surface area contributed by atoms with Gasteiger partial charge in [-0.3, -0.25) is 9.10 Å². The van der Waals surface area contributed by atoms with Gasteiger partial charge in [0, 0.05) is 6.54 Å². The lowest BCUT2D eigenvalue weighted by Gasteiger charge is -2.29. The van der Waals surface area contributed by atoms with Crippen molar-refractivity contribution < 1.29 is 17.9 Å². The van der Waals surface area contributed by atoms with Crippen LogP contribution in [0.4, 0.5) is 5.69 Å². The molecule has 0 saturated heterocycles. The summed E-state index contributed by atoms with van der Waals surface area (Å²) in [6.07, 6.45) is 2.71. The third-order valence-corrected chi connectivity index (χ3v) is 5.67. The number of benzene rings is 2. The van der Waals surface area contributed by atoms with Crippen molar-refractivity contribution in [2.24, 2.45) is 0 Å². The van der Waals surface area contributed by atoms with Gasteiger partial charge in [-0.25, -0.2) is 8.42 Å². The molecule has 0 unspecified atom stereocenters. The number of anilines is 1. The number of hydrogen-bond donors (Lipinski definition) is 1. The maximum Gasteiger partial charge on any atom is 0.243 e. The van der Waals surface area contributed by atoms with Crippen molar-refractivity contribution in [1.29, 1.82) is 0 Å². The molecule has 2 rings (SSSR count). The summed E-state index contributed by atoms with van der Waals surface area (Å²) in [6, 6.07) is 14.3. The van der Waals surface area contributed by atoms with E-state index >= 15 is 0 Å². The first-order valence-electron chi connectivity index (χ1n) is 9.19. The second-order valence-corrected chi connectivity index (χ2v) is 8.65. The van der Waals surface area contributed by atoms with Gasteiger partial charge in [0.15, 0.2) is 0 Å². The molecule has 0 aromatic heterocycles. The first-order valence-corrected chi connectivity index (χ1v) is 11.0. The second kappa shape index (κ2) is 9.59. The highest BCUT2D eigenvalue weighted by Crippen LogP contribution is 2.32. The first-order chi connectivity index (χ1) is 13.2. The molecule has 28 heavy (non-hydrogen) atoms. The predicted molar refractivity (Wildman–Crippen MR) is 112 cm³/mol. The summed E-state index contributed by atoms with van der Waals surface area (Å²) in [5.41, 5.74) is 2.43. The molecule has 0 heterocycles. The largest absolute Gasteiger partial charge is 0.495 e. The summed E-state index contributed by atoms with van der Waals surface area (Å²) >= 11 is 0. The number of aryl methyl sites for hydroxylation is 2. The van der Waals surface area contributed by atoms with Crippen molar-refractivity contribution in [3.8, 4) is 5.75 Å². The number of ether oxygens (including phenoxy) is 1. The van der Waals surface area contributed by atoms with Gasteiger partial charge < -0.3 is 10.1 Å². The predicted octanol–water partition coefficient (Wildman–Crippen LogP) is 2.91. The molecule has 0 spiro atoms. The summed E-state index contributed by atoms with van der Waals surface area (Å²) in [6.45, 7) is 3.91. The Morgan fingerprint density at radius 1 is 1.18 bits per heavy atom. The molecular formula is C21H28N2O4S. The van der Waals surface area contributed by atoms with Crippen molar-refractivity contribution >= 4 is 21.6 Å². The van der Waals surface area contributed by atoms with E-state index in [1.54, 1.807) is 19.1 Å². The summed E-state index contributed by atoms with van der Waals surface area (Å²) in [4.78, 5) is 12.6. The van der Waals surface area contributed by atoms with Gasteiger partial charge in [-0.05, 0) is 49.9 Å². The van der Waals surface area contributed by atoms with E-state index in [0.29, 0.717) is 18.0 Å². The summed E-state index contributed by atoms with van der Waals surface area (Å²) < 4.78 is 31.4. The highest BCUT2D eigenvalue weighted by atomic mass is 32.2. The molecule has 1 amide bonds. The zero-order valence-electron chi connectivity index (χ0n) is 16.8. The zero-order chi connectivity index (χ0) is 20.7. The van der Waals surface area contributed by atoms with Crippen molar-refractivity contribution in [2.75, 3.05) is 24.2 Å². The Morgan fingerprint density at radius 2 is 1.86 bits per heavy atom. The van der Waals surface area contributed by atoms with Crippen LogP contribution in [0.25, 0.3) is 0 Å². The van der Waals surface area contributed by atoms with Gasteiger partial charge in [0.2, 0.25) is 15.9 Å². The third kappa shape index (κ3) is 5.73. The zero-order valence-corrected chi connectivity index (χ0v) is 17.6. The molecule has 7 heteroatoms. The topological polar surface area (TPSA) is 75.7 Å². The van der Waals surface area contributed by atoms with Crippen molar-refractivity contribution in [3.63, 3.8) is 0 Å². The van der Waals surface area contributed by atoms with Crippen LogP contribution in [0, 0.1) is 6.92 Å². The minimum absolute atomic E-state index is 0.345. The van der Waals surface area contributed by atoms with E-state index in [2.05, 4.69) is 5.32 Å². The summed E-state index contributed by atoms with van der Waals surface area (Å²) in [5, 5.41) is 2.84. The average Bonchev–Trinajstić information content (AvgIpc) is 2.65. The quantitative estimate of drug-likeness (QED) is 0.652. The van der Waals surface area contributed by atoms with E-state index in [1.807, 2.05) is 43.3 Å². The molecule has 0 aliphatic heterocycles. The van der Waals surface area contributed by atoms with E-state index < -0.39 is 16.1 Å². The monoisotopic (exact) mass is 404 g/mol. The Kier molecular flexibility index (Phi) is 7.45. The highest BCUT2D eigenvalue weighted by molar-refractivity contribution is 7.92. The number of sulfonamides is 1. The Morgan fingerprint density at radius 3 is 2.46 bits per heavy atom. The lowest BCUT2D eigenvalue weighted by molar-refractivity contribution is -0.121. The fourth-order valence-electron chi connectivity index (χ4n) is 3.05. The molecule has 0 radical (unpaired) electrons. The van der Waals surface area contributed by atoms with Crippen LogP contribution in [0.15, 0.2) is 48.5 Å². The minimum atomic E-state index is -3.69. The number of nitrogens with zero attached hydrogens (tertiary/aromatic N) is 1. The van der Waals surface area contributed by atoms with Gasteiger partial charge >= 0.3 is 0 Å². The molecule has 0 bridgehead atoms. The number of rotatable bonds is 9. The van der Waals surface area contributed by atoms with Gasteiger partial charge in [0.25, 0.3) is 0 Å². The molecule has 0 aliphatic rings. The Hall–Kier alpha value is -2.54. The van der Waals surface area contributed by atoms with Crippen LogP contribution in [0.3, 0.4) is 0 Å². The Bertz CT molecular complexity index is 898. The van der Waals surface area contributed by atoms with Crippen molar-refractivity contribution in [1.82, 2.24) is 5.32 Å². The van der Waals surface area contributed by atoms with Crippen LogP contribution < -0.4 is 14.4 Å². The maximum atomic E-state index is 12.6. The number of carbonyl (C=O) groups excluding carboxylic acids is 1. The number of hydrogen-bond acceptors (Lipinski definition) is 4. The average molecular weight is 405 g/mol. The standard InChI is InChI=1S/C21H28N2O4S/c1-16-12-13-20(27-3)19(15-16)23(28(4,25)26)17(2)21(24)22-14-8-11-18-9-6-5-7-10-18/h5-7,9-10,12-13,15,17H,8,11,14H2,1-4H3,(H,22,24)/t17-/m1/s1. The van der Waals surface area contributed by atoms with Crippen LogP contribution in [0.2, 0.25) is 0 Å². The van der Waals surface area contributed by atoms with Crippen LogP contribution in [0.1, 0.15) is 24.5 Å². The van der Waals surface area contributed by atoms with Gasteiger partial charge in [-0.1, -0.05) is 36.4 Å². The van der Waals surface area contributed by atoms with Gasteiger partial charge in [-0.2, -0.15) is 0 Å². The third-order valence-electron chi connectivity index (χ3n) is 4.44. The molecule has 2 aromatic carbocycles. The SMILES string of the molecule is COc1ccc(C)cc1N([C@H](C)C(=O)NCCCc1ccccc1)S(C)(=O)=O. The molecule has 1 N–H and O–H groups in total. The van der Waals surface area contributed by atoms with Gasteiger partial charge in [0.1, 0.15) is 11.8 Å². The Balaban J connectivity index is 2.09. The molecule has 2 aromatic rings. The molecule has 1 atom stereocenters. The minimum Gasteiger partial charge on any atom is -0.495 e. The van der Waals surface area contributed by atoms with Gasteiger partial charge in [0.05, 0.1) is 19.1 Å². The number of amides is 1. The van der Waals surface area contributed by atoms with Crippen LogP contribution in [0.5, 0.6) is 5.75 Å². The van der Waals surface area contributed by atoms with Crippen LogP contribution >= 0.6 is 0 Å². The van der Waals surface area contributed by atoms with E-state index in [0.717, 1.165) is 29.0 Å². The molecule has 0 fully saturated rings. The molecule has 152 valence electrons. The highest BCUT2D eigenvalue weighted by Gasteiger charge is 2.31. The smallest absolute Gasteiger partial charge is 0.243 e. The lowest BCUT2D eigenvalue weighted by atomic mass is 10.1. The second-order valence-electron chi connectivity index (χ2n) is 6.79. The Labute approximate surface area is 167 Å².